The number of rotatable bonds is 5. The van der Waals surface area contributed by atoms with Gasteiger partial charge in [-0.1, -0.05) is 24.3 Å². The summed E-state index contributed by atoms with van der Waals surface area (Å²) < 4.78 is 5.51. The number of fused-ring (bicyclic) bond motifs is 1. The topological polar surface area (TPSA) is 64.1 Å². The molecule has 2 aromatic carbocycles. The Hall–Kier alpha value is -3.73. The Balaban J connectivity index is 1.75. The van der Waals surface area contributed by atoms with Crippen molar-refractivity contribution in [3.8, 4) is 17.0 Å². The van der Waals surface area contributed by atoms with Gasteiger partial charge in [0.2, 0.25) is 0 Å². The predicted octanol–water partition coefficient (Wildman–Crippen LogP) is 5.26. The minimum atomic E-state index is -0.214. The van der Waals surface area contributed by atoms with Gasteiger partial charge in [0, 0.05) is 16.6 Å². The number of carbonyl (C=O) groups is 1. The van der Waals surface area contributed by atoms with Gasteiger partial charge in [-0.2, -0.15) is 0 Å². The van der Waals surface area contributed by atoms with Gasteiger partial charge in [0.15, 0.2) is 0 Å². The lowest BCUT2D eigenvalue weighted by molar-refractivity contribution is 0.102. The highest BCUT2D eigenvalue weighted by molar-refractivity contribution is 6.12. The second-order valence-electron chi connectivity index (χ2n) is 6.65. The van der Waals surface area contributed by atoms with Crippen LogP contribution >= 0.6 is 0 Å². The Kier molecular flexibility index (Phi) is 5.20. The van der Waals surface area contributed by atoms with Crippen LogP contribution in [0.2, 0.25) is 0 Å². The zero-order chi connectivity index (χ0) is 20.2. The maximum atomic E-state index is 13.1. The summed E-state index contributed by atoms with van der Waals surface area (Å²) in [5.41, 5.74) is 3.82. The highest BCUT2D eigenvalue weighted by Gasteiger charge is 2.15. The molecule has 4 aromatic rings. The van der Waals surface area contributed by atoms with Gasteiger partial charge in [-0.3, -0.25) is 4.79 Å². The zero-order valence-electron chi connectivity index (χ0n) is 16.3. The summed E-state index contributed by atoms with van der Waals surface area (Å²) in [6.07, 6.45) is 0. The Morgan fingerprint density at radius 1 is 0.966 bits per heavy atom. The number of aromatic nitrogens is 2. The number of hydrogen-bond donors (Lipinski definition) is 1. The standard InChI is InChI=1S/C24H21N3O2/c1-3-29-18-13-11-17(12-14-18)22-15-20(19-8-4-5-9-21(19)26-22)24(28)27-23-10-6-7-16(2)25-23/h4-15H,3H2,1-2H3,(H,25,27,28). The van der Waals surface area contributed by atoms with Crippen LogP contribution in [0.5, 0.6) is 5.75 Å². The van der Waals surface area contributed by atoms with Crippen LogP contribution in [-0.2, 0) is 0 Å². The van der Waals surface area contributed by atoms with Gasteiger partial charge in [0.05, 0.1) is 23.4 Å². The van der Waals surface area contributed by atoms with E-state index in [0.717, 1.165) is 33.6 Å². The van der Waals surface area contributed by atoms with E-state index in [1.807, 2.05) is 80.6 Å². The normalized spacial score (nSPS) is 10.7. The van der Waals surface area contributed by atoms with Crippen molar-refractivity contribution in [2.75, 3.05) is 11.9 Å². The van der Waals surface area contributed by atoms with Gasteiger partial charge >= 0.3 is 0 Å². The van der Waals surface area contributed by atoms with Crippen molar-refractivity contribution < 1.29 is 9.53 Å². The van der Waals surface area contributed by atoms with E-state index in [1.54, 1.807) is 6.07 Å². The summed E-state index contributed by atoms with van der Waals surface area (Å²) >= 11 is 0. The van der Waals surface area contributed by atoms with Crippen LogP contribution in [0.15, 0.2) is 72.8 Å². The number of pyridine rings is 2. The van der Waals surface area contributed by atoms with Gasteiger partial charge < -0.3 is 10.1 Å². The summed E-state index contributed by atoms with van der Waals surface area (Å²) in [5, 5.41) is 3.70. The molecule has 4 rings (SSSR count). The van der Waals surface area contributed by atoms with Gasteiger partial charge in [-0.15, -0.1) is 0 Å². The Labute approximate surface area is 169 Å². The number of hydrogen-bond acceptors (Lipinski definition) is 4. The number of amides is 1. The third kappa shape index (κ3) is 4.09. The van der Waals surface area contributed by atoms with Gasteiger partial charge in [-0.05, 0) is 62.4 Å². The molecular weight excluding hydrogens is 362 g/mol. The second-order valence-corrected chi connectivity index (χ2v) is 6.65. The molecule has 0 radical (unpaired) electrons. The first kappa shape index (κ1) is 18.6. The van der Waals surface area contributed by atoms with Gasteiger partial charge in [-0.25, -0.2) is 9.97 Å². The molecule has 2 heterocycles. The number of para-hydroxylation sites is 1. The van der Waals surface area contributed by atoms with Crippen LogP contribution in [-0.4, -0.2) is 22.5 Å². The lowest BCUT2D eigenvalue weighted by Gasteiger charge is -2.11. The van der Waals surface area contributed by atoms with E-state index in [4.69, 9.17) is 9.72 Å². The Morgan fingerprint density at radius 3 is 2.52 bits per heavy atom. The molecule has 0 saturated heterocycles. The average Bonchev–Trinajstić information content (AvgIpc) is 2.74. The van der Waals surface area contributed by atoms with Gasteiger partial charge in [0.1, 0.15) is 11.6 Å². The number of aryl methyl sites for hydroxylation is 1. The highest BCUT2D eigenvalue weighted by Crippen LogP contribution is 2.27. The SMILES string of the molecule is CCOc1ccc(-c2cc(C(=O)Nc3cccc(C)n3)c3ccccc3n2)cc1. The zero-order valence-corrected chi connectivity index (χ0v) is 16.3. The highest BCUT2D eigenvalue weighted by atomic mass is 16.5. The molecule has 5 nitrogen and oxygen atoms in total. The Morgan fingerprint density at radius 2 is 1.76 bits per heavy atom. The number of anilines is 1. The lowest BCUT2D eigenvalue weighted by Crippen LogP contribution is -2.14. The van der Waals surface area contributed by atoms with Crippen molar-refractivity contribution >= 4 is 22.6 Å². The molecule has 0 fully saturated rings. The molecule has 0 spiro atoms. The number of nitrogens with one attached hydrogen (secondary N) is 1. The summed E-state index contributed by atoms with van der Waals surface area (Å²) in [7, 11) is 0. The number of ether oxygens (including phenoxy) is 1. The van der Waals surface area contributed by atoms with E-state index in [0.29, 0.717) is 18.0 Å². The van der Waals surface area contributed by atoms with Crippen molar-refractivity contribution in [1.29, 1.82) is 0 Å². The van der Waals surface area contributed by atoms with Crippen molar-refractivity contribution in [3.05, 3.63) is 84.1 Å². The van der Waals surface area contributed by atoms with E-state index in [9.17, 15) is 4.79 Å². The fourth-order valence-electron chi connectivity index (χ4n) is 3.20. The molecule has 0 unspecified atom stereocenters. The van der Waals surface area contributed by atoms with E-state index in [2.05, 4.69) is 10.3 Å². The molecule has 0 aliphatic carbocycles. The molecule has 144 valence electrons. The predicted molar refractivity (Wildman–Crippen MR) is 115 cm³/mol. The number of carbonyl (C=O) groups excluding carboxylic acids is 1. The molecule has 29 heavy (non-hydrogen) atoms. The van der Waals surface area contributed by atoms with E-state index in [1.165, 1.54) is 0 Å². The molecule has 1 N–H and O–H groups in total. The molecule has 5 heteroatoms. The van der Waals surface area contributed by atoms with Crippen molar-refractivity contribution in [1.82, 2.24) is 9.97 Å². The van der Waals surface area contributed by atoms with E-state index >= 15 is 0 Å². The number of benzene rings is 2. The van der Waals surface area contributed by atoms with E-state index < -0.39 is 0 Å². The quantitative estimate of drug-likeness (QED) is 0.511. The molecule has 0 aliphatic rings. The third-order valence-corrected chi connectivity index (χ3v) is 4.55. The maximum Gasteiger partial charge on any atom is 0.257 e. The van der Waals surface area contributed by atoms with Crippen LogP contribution in [0.1, 0.15) is 23.0 Å². The molecule has 1 amide bonds. The first-order chi connectivity index (χ1) is 14.1. The Bertz CT molecular complexity index is 1170. The smallest absolute Gasteiger partial charge is 0.257 e. The van der Waals surface area contributed by atoms with Crippen LogP contribution in [0.25, 0.3) is 22.2 Å². The van der Waals surface area contributed by atoms with Crippen LogP contribution < -0.4 is 10.1 Å². The fraction of sp³-hybridized carbons (Fsp3) is 0.125. The van der Waals surface area contributed by atoms with Crippen LogP contribution in [0.4, 0.5) is 5.82 Å². The maximum absolute atomic E-state index is 13.1. The fourth-order valence-corrected chi connectivity index (χ4v) is 3.20. The average molecular weight is 383 g/mol. The molecular formula is C24H21N3O2. The molecule has 0 atom stereocenters. The van der Waals surface area contributed by atoms with Crippen molar-refractivity contribution in [3.63, 3.8) is 0 Å². The molecule has 0 bridgehead atoms. The second kappa shape index (κ2) is 8.10. The van der Waals surface area contributed by atoms with Gasteiger partial charge in [0.25, 0.3) is 5.91 Å². The lowest BCUT2D eigenvalue weighted by atomic mass is 10.0. The minimum absolute atomic E-state index is 0.214. The van der Waals surface area contributed by atoms with Crippen molar-refractivity contribution in [2.24, 2.45) is 0 Å². The molecule has 0 saturated carbocycles. The third-order valence-electron chi connectivity index (χ3n) is 4.55. The summed E-state index contributed by atoms with van der Waals surface area (Å²) in [6, 6.07) is 22.7. The molecule has 2 aromatic heterocycles. The summed E-state index contributed by atoms with van der Waals surface area (Å²) in [4.78, 5) is 22.2. The molecule has 0 aliphatic heterocycles. The first-order valence-corrected chi connectivity index (χ1v) is 9.52. The summed E-state index contributed by atoms with van der Waals surface area (Å²) in [5.74, 6) is 1.12. The van der Waals surface area contributed by atoms with E-state index in [-0.39, 0.29) is 5.91 Å². The van der Waals surface area contributed by atoms with Crippen LogP contribution in [0.3, 0.4) is 0 Å². The summed E-state index contributed by atoms with van der Waals surface area (Å²) in [6.45, 7) is 4.46. The van der Waals surface area contributed by atoms with Crippen LogP contribution in [0, 0.1) is 6.92 Å². The van der Waals surface area contributed by atoms with Crippen molar-refractivity contribution in [2.45, 2.75) is 13.8 Å². The largest absolute Gasteiger partial charge is 0.494 e. The number of nitrogens with zero attached hydrogens (tertiary/aromatic N) is 2. The first-order valence-electron chi connectivity index (χ1n) is 9.52. The minimum Gasteiger partial charge on any atom is -0.494 e. The monoisotopic (exact) mass is 383 g/mol.